The molecule has 0 unspecified atom stereocenters. The predicted octanol–water partition coefficient (Wildman–Crippen LogP) is 2.77. The van der Waals surface area contributed by atoms with Gasteiger partial charge in [0.15, 0.2) is 0 Å². The molecule has 0 aliphatic carbocycles. The van der Waals surface area contributed by atoms with Crippen LogP contribution in [0.1, 0.15) is 42.1 Å². The number of hydrogen-bond acceptors (Lipinski definition) is 4. The van der Waals surface area contributed by atoms with Crippen molar-refractivity contribution in [2.45, 2.75) is 32.7 Å². The second-order valence-electron chi connectivity index (χ2n) is 4.68. The van der Waals surface area contributed by atoms with Gasteiger partial charge in [0.1, 0.15) is 0 Å². The number of nitrogens with one attached hydrogen (secondary N) is 1. The van der Waals surface area contributed by atoms with E-state index in [9.17, 15) is 4.79 Å². The van der Waals surface area contributed by atoms with Crippen molar-refractivity contribution in [2.24, 2.45) is 0 Å². The van der Waals surface area contributed by atoms with Crippen molar-refractivity contribution >= 4 is 5.97 Å². The molecule has 0 saturated carbocycles. The van der Waals surface area contributed by atoms with Gasteiger partial charge in [0.05, 0.1) is 12.7 Å². The smallest absolute Gasteiger partial charge is 0.337 e. The van der Waals surface area contributed by atoms with Crippen molar-refractivity contribution < 1.29 is 14.3 Å². The number of unbranched alkanes of at least 4 members (excludes halogenated alkanes) is 1. The highest BCUT2D eigenvalue weighted by atomic mass is 16.5. The lowest BCUT2D eigenvalue weighted by Gasteiger charge is -2.06. The van der Waals surface area contributed by atoms with Crippen LogP contribution in [0.3, 0.4) is 0 Å². The Morgan fingerprint density at radius 1 is 1.15 bits per heavy atom. The normalized spacial score (nSPS) is 10.5. The van der Waals surface area contributed by atoms with Crippen LogP contribution in [0.2, 0.25) is 0 Å². The summed E-state index contributed by atoms with van der Waals surface area (Å²) in [6.07, 6.45) is 3.34. The molecule has 0 bridgehead atoms. The first-order chi connectivity index (χ1) is 9.77. The topological polar surface area (TPSA) is 47.6 Å². The second kappa shape index (κ2) is 10.4. The lowest BCUT2D eigenvalue weighted by molar-refractivity contribution is 0.0600. The fourth-order valence-corrected chi connectivity index (χ4v) is 1.76. The van der Waals surface area contributed by atoms with Gasteiger partial charge in [-0.25, -0.2) is 4.79 Å². The predicted molar refractivity (Wildman–Crippen MR) is 79.8 cm³/mol. The summed E-state index contributed by atoms with van der Waals surface area (Å²) in [6, 6.07) is 7.46. The van der Waals surface area contributed by atoms with Gasteiger partial charge in [0, 0.05) is 19.8 Å². The Labute approximate surface area is 121 Å². The van der Waals surface area contributed by atoms with Gasteiger partial charge < -0.3 is 14.8 Å². The summed E-state index contributed by atoms with van der Waals surface area (Å²) in [6.45, 7) is 5.58. The minimum Gasteiger partial charge on any atom is -0.465 e. The maximum atomic E-state index is 11.3. The van der Waals surface area contributed by atoms with E-state index in [1.54, 1.807) is 12.1 Å². The molecule has 1 aromatic rings. The van der Waals surface area contributed by atoms with Crippen molar-refractivity contribution in [2.75, 3.05) is 26.9 Å². The minimum atomic E-state index is -0.297. The van der Waals surface area contributed by atoms with Crippen LogP contribution in [-0.2, 0) is 16.0 Å². The highest BCUT2D eigenvalue weighted by Crippen LogP contribution is 2.05. The van der Waals surface area contributed by atoms with Crippen molar-refractivity contribution in [3.05, 3.63) is 35.4 Å². The molecule has 1 N–H and O–H groups in total. The largest absolute Gasteiger partial charge is 0.465 e. The lowest BCUT2D eigenvalue weighted by Crippen LogP contribution is -2.16. The average molecular weight is 279 g/mol. The van der Waals surface area contributed by atoms with Crippen LogP contribution >= 0.6 is 0 Å². The molecule has 0 amide bonds. The Balaban J connectivity index is 2.11. The molecule has 4 nitrogen and oxygen atoms in total. The van der Waals surface area contributed by atoms with Crippen LogP contribution in [0.5, 0.6) is 0 Å². The first-order valence-corrected chi connectivity index (χ1v) is 7.23. The number of ether oxygens (including phenoxy) is 2. The molecular formula is C16H25NO3. The zero-order valence-electron chi connectivity index (χ0n) is 12.5. The summed E-state index contributed by atoms with van der Waals surface area (Å²) in [5, 5.41) is 3.36. The van der Waals surface area contributed by atoms with E-state index < -0.39 is 0 Å². The van der Waals surface area contributed by atoms with Crippen LogP contribution in [0.15, 0.2) is 24.3 Å². The molecule has 1 rings (SSSR count). The van der Waals surface area contributed by atoms with E-state index in [4.69, 9.17) is 4.74 Å². The van der Waals surface area contributed by atoms with Gasteiger partial charge in [-0.3, -0.25) is 0 Å². The molecule has 0 spiro atoms. The van der Waals surface area contributed by atoms with E-state index in [1.165, 1.54) is 13.5 Å². The Kier molecular flexibility index (Phi) is 8.67. The Morgan fingerprint density at radius 2 is 1.85 bits per heavy atom. The van der Waals surface area contributed by atoms with Crippen molar-refractivity contribution in [3.8, 4) is 0 Å². The average Bonchev–Trinajstić information content (AvgIpc) is 2.50. The molecule has 0 atom stereocenters. The number of methoxy groups -OCH3 is 1. The van der Waals surface area contributed by atoms with E-state index in [-0.39, 0.29) is 5.97 Å². The quantitative estimate of drug-likeness (QED) is 0.528. The summed E-state index contributed by atoms with van der Waals surface area (Å²) in [5.41, 5.74) is 1.74. The summed E-state index contributed by atoms with van der Waals surface area (Å²) >= 11 is 0. The van der Waals surface area contributed by atoms with Crippen molar-refractivity contribution in [1.82, 2.24) is 5.32 Å². The number of hydrogen-bond donors (Lipinski definition) is 1. The highest BCUT2D eigenvalue weighted by Gasteiger charge is 2.03. The van der Waals surface area contributed by atoms with Gasteiger partial charge in [0.25, 0.3) is 0 Å². The summed E-state index contributed by atoms with van der Waals surface area (Å²) in [4.78, 5) is 11.3. The van der Waals surface area contributed by atoms with Gasteiger partial charge in [-0.15, -0.1) is 0 Å². The third-order valence-electron chi connectivity index (χ3n) is 2.99. The standard InChI is InChI=1S/C16H25NO3/c1-3-4-11-20-12-5-10-17-13-14-6-8-15(9-7-14)16(18)19-2/h6-9,17H,3-5,10-13H2,1-2H3. The number of esters is 1. The fourth-order valence-electron chi connectivity index (χ4n) is 1.76. The van der Waals surface area contributed by atoms with Gasteiger partial charge >= 0.3 is 5.97 Å². The number of carbonyl (C=O) groups is 1. The second-order valence-corrected chi connectivity index (χ2v) is 4.68. The summed E-state index contributed by atoms with van der Waals surface area (Å²) in [7, 11) is 1.39. The lowest BCUT2D eigenvalue weighted by atomic mass is 10.1. The third kappa shape index (κ3) is 6.68. The molecule has 0 heterocycles. The Hall–Kier alpha value is -1.39. The Morgan fingerprint density at radius 3 is 2.50 bits per heavy atom. The fraction of sp³-hybridized carbons (Fsp3) is 0.562. The highest BCUT2D eigenvalue weighted by molar-refractivity contribution is 5.89. The van der Waals surface area contributed by atoms with Crippen molar-refractivity contribution in [3.63, 3.8) is 0 Å². The summed E-state index contributed by atoms with van der Waals surface area (Å²) < 4.78 is 10.2. The van der Waals surface area contributed by atoms with E-state index in [0.29, 0.717) is 5.56 Å². The molecular weight excluding hydrogens is 254 g/mol. The van der Waals surface area contributed by atoms with E-state index in [2.05, 4.69) is 17.0 Å². The Bertz CT molecular complexity index is 376. The van der Waals surface area contributed by atoms with Crippen LogP contribution in [-0.4, -0.2) is 32.8 Å². The van der Waals surface area contributed by atoms with Gasteiger partial charge in [-0.1, -0.05) is 25.5 Å². The molecule has 0 aliphatic heterocycles. The first kappa shape index (κ1) is 16.7. The van der Waals surface area contributed by atoms with Gasteiger partial charge in [0.2, 0.25) is 0 Å². The van der Waals surface area contributed by atoms with Crippen LogP contribution in [0.25, 0.3) is 0 Å². The van der Waals surface area contributed by atoms with Crippen LogP contribution in [0, 0.1) is 0 Å². The summed E-state index contributed by atoms with van der Waals surface area (Å²) in [5.74, 6) is -0.297. The molecule has 0 aromatic heterocycles. The van der Waals surface area contributed by atoms with Gasteiger partial charge in [-0.05, 0) is 37.1 Å². The number of carbonyl (C=O) groups excluding carboxylic acids is 1. The number of rotatable bonds is 10. The molecule has 0 radical (unpaired) electrons. The molecule has 4 heteroatoms. The zero-order valence-corrected chi connectivity index (χ0v) is 12.5. The SMILES string of the molecule is CCCCOCCCNCc1ccc(C(=O)OC)cc1. The monoisotopic (exact) mass is 279 g/mol. The van der Waals surface area contributed by atoms with Crippen LogP contribution < -0.4 is 5.32 Å². The molecule has 0 aliphatic rings. The maximum absolute atomic E-state index is 11.3. The molecule has 0 fully saturated rings. The van der Waals surface area contributed by atoms with Crippen LogP contribution in [0.4, 0.5) is 0 Å². The third-order valence-corrected chi connectivity index (χ3v) is 2.99. The van der Waals surface area contributed by atoms with E-state index in [1.807, 2.05) is 12.1 Å². The molecule has 112 valence electrons. The maximum Gasteiger partial charge on any atom is 0.337 e. The van der Waals surface area contributed by atoms with E-state index >= 15 is 0 Å². The van der Waals surface area contributed by atoms with Gasteiger partial charge in [-0.2, -0.15) is 0 Å². The van der Waals surface area contributed by atoms with E-state index in [0.717, 1.165) is 44.7 Å². The minimum absolute atomic E-state index is 0.297. The first-order valence-electron chi connectivity index (χ1n) is 7.23. The molecule has 1 aromatic carbocycles. The molecule has 0 saturated heterocycles. The zero-order chi connectivity index (χ0) is 14.6. The molecule has 20 heavy (non-hydrogen) atoms. The number of benzene rings is 1. The van der Waals surface area contributed by atoms with Crippen molar-refractivity contribution in [1.29, 1.82) is 0 Å².